The normalized spacial score (nSPS) is 19.0. The lowest BCUT2D eigenvalue weighted by atomic mass is 9.90. The van der Waals surface area contributed by atoms with Gasteiger partial charge in [-0.15, -0.1) is 0 Å². The van der Waals surface area contributed by atoms with Crippen LogP contribution >= 0.6 is 0 Å². The minimum absolute atomic E-state index is 0.0553. The second-order valence-corrected chi connectivity index (χ2v) is 7.19. The van der Waals surface area contributed by atoms with Gasteiger partial charge in [0.2, 0.25) is 5.91 Å². The quantitative estimate of drug-likeness (QED) is 0.642. The SMILES string of the molecule is CCOCCOc1cc(C)ccc1CNC(=O)[C@H]1CNC[C@@H]1c1cnn(C)c1. The summed E-state index contributed by atoms with van der Waals surface area (Å²) in [5.41, 5.74) is 3.19. The smallest absolute Gasteiger partial charge is 0.225 e. The number of ether oxygens (including phenoxy) is 2. The van der Waals surface area contributed by atoms with Crippen LogP contribution in [0.5, 0.6) is 5.75 Å². The molecule has 7 nitrogen and oxygen atoms in total. The Morgan fingerprint density at radius 3 is 2.96 bits per heavy atom. The van der Waals surface area contributed by atoms with Gasteiger partial charge in [-0.3, -0.25) is 9.48 Å². The highest BCUT2D eigenvalue weighted by atomic mass is 16.5. The summed E-state index contributed by atoms with van der Waals surface area (Å²) in [7, 11) is 1.89. The summed E-state index contributed by atoms with van der Waals surface area (Å²) in [6.07, 6.45) is 3.84. The number of rotatable bonds is 9. The van der Waals surface area contributed by atoms with Crippen LogP contribution in [0.4, 0.5) is 0 Å². The second kappa shape index (κ2) is 9.71. The molecule has 28 heavy (non-hydrogen) atoms. The molecule has 0 unspecified atom stereocenters. The summed E-state index contributed by atoms with van der Waals surface area (Å²) in [4.78, 5) is 12.8. The molecule has 2 atom stereocenters. The predicted octanol–water partition coefficient (Wildman–Crippen LogP) is 1.76. The first-order valence-electron chi connectivity index (χ1n) is 9.85. The number of carbonyl (C=O) groups excluding carboxylic acids is 1. The third-order valence-corrected chi connectivity index (χ3v) is 5.07. The fourth-order valence-corrected chi connectivity index (χ4v) is 3.55. The summed E-state index contributed by atoms with van der Waals surface area (Å²) < 4.78 is 13.0. The third kappa shape index (κ3) is 5.11. The lowest BCUT2D eigenvalue weighted by Crippen LogP contribution is -2.34. The van der Waals surface area contributed by atoms with Crippen LogP contribution in [0.1, 0.15) is 29.5 Å². The van der Waals surface area contributed by atoms with Gasteiger partial charge in [-0.1, -0.05) is 12.1 Å². The number of carbonyl (C=O) groups is 1. The minimum atomic E-state index is -0.100. The van der Waals surface area contributed by atoms with E-state index >= 15 is 0 Å². The molecule has 1 aliphatic rings. The van der Waals surface area contributed by atoms with Gasteiger partial charge in [0.1, 0.15) is 12.4 Å². The van der Waals surface area contributed by atoms with Crippen molar-refractivity contribution >= 4 is 5.91 Å². The largest absolute Gasteiger partial charge is 0.491 e. The Labute approximate surface area is 166 Å². The van der Waals surface area contributed by atoms with Crippen LogP contribution in [0, 0.1) is 12.8 Å². The van der Waals surface area contributed by atoms with Crippen LogP contribution in [-0.4, -0.2) is 48.6 Å². The van der Waals surface area contributed by atoms with E-state index in [1.165, 1.54) is 0 Å². The average Bonchev–Trinajstić information content (AvgIpc) is 3.33. The maximum absolute atomic E-state index is 12.8. The number of hydrogen-bond acceptors (Lipinski definition) is 5. The molecule has 2 heterocycles. The first kappa shape index (κ1) is 20.4. The lowest BCUT2D eigenvalue weighted by molar-refractivity contribution is -0.125. The van der Waals surface area contributed by atoms with Crippen molar-refractivity contribution in [2.45, 2.75) is 26.3 Å². The number of aromatic nitrogens is 2. The van der Waals surface area contributed by atoms with Crippen molar-refractivity contribution in [2.24, 2.45) is 13.0 Å². The van der Waals surface area contributed by atoms with Gasteiger partial charge in [-0.05, 0) is 31.0 Å². The van der Waals surface area contributed by atoms with Crippen LogP contribution in [0.3, 0.4) is 0 Å². The van der Waals surface area contributed by atoms with Gasteiger partial charge in [0.25, 0.3) is 0 Å². The van der Waals surface area contributed by atoms with Gasteiger partial charge in [-0.25, -0.2) is 0 Å². The molecule has 7 heteroatoms. The van der Waals surface area contributed by atoms with Crippen molar-refractivity contribution < 1.29 is 14.3 Å². The molecule has 1 amide bonds. The van der Waals surface area contributed by atoms with Crippen LogP contribution < -0.4 is 15.4 Å². The van der Waals surface area contributed by atoms with Crippen LogP contribution in [0.15, 0.2) is 30.6 Å². The number of aryl methyl sites for hydroxylation is 2. The van der Waals surface area contributed by atoms with Crippen molar-refractivity contribution in [1.29, 1.82) is 0 Å². The first-order valence-corrected chi connectivity index (χ1v) is 9.85. The highest BCUT2D eigenvalue weighted by Gasteiger charge is 2.34. The Bertz CT molecular complexity index is 790. The molecule has 0 radical (unpaired) electrons. The van der Waals surface area contributed by atoms with Gasteiger partial charge in [0.05, 0.1) is 18.7 Å². The molecule has 1 fully saturated rings. The molecule has 1 aliphatic heterocycles. The fraction of sp³-hybridized carbons (Fsp3) is 0.524. The Morgan fingerprint density at radius 1 is 1.36 bits per heavy atom. The van der Waals surface area contributed by atoms with Gasteiger partial charge < -0.3 is 20.1 Å². The molecule has 0 aliphatic carbocycles. The zero-order valence-electron chi connectivity index (χ0n) is 16.9. The van der Waals surface area contributed by atoms with Gasteiger partial charge >= 0.3 is 0 Å². The summed E-state index contributed by atoms with van der Waals surface area (Å²) in [5, 5.41) is 10.7. The molecule has 0 spiro atoms. The van der Waals surface area contributed by atoms with E-state index in [9.17, 15) is 4.79 Å². The second-order valence-electron chi connectivity index (χ2n) is 7.19. The Kier molecular flexibility index (Phi) is 7.06. The third-order valence-electron chi connectivity index (χ3n) is 5.07. The first-order chi connectivity index (χ1) is 13.6. The zero-order valence-corrected chi connectivity index (χ0v) is 16.9. The van der Waals surface area contributed by atoms with E-state index in [-0.39, 0.29) is 17.7 Å². The lowest BCUT2D eigenvalue weighted by Gasteiger charge is -2.18. The summed E-state index contributed by atoms with van der Waals surface area (Å²) in [6, 6.07) is 6.05. The van der Waals surface area contributed by atoms with Crippen molar-refractivity contribution in [2.75, 3.05) is 32.9 Å². The molecule has 1 saturated heterocycles. The molecular formula is C21H30N4O3. The number of benzene rings is 1. The molecule has 0 bridgehead atoms. The highest BCUT2D eigenvalue weighted by molar-refractivity contribution is 5.80. The predicted molar refractivity (Wildman–Crippen MR) is 107 cm³/mol. The minimum Gasteiger partial charge on any atom is -0.491 e. The molecule has 152 valence electrons. The highest BCUT2D eigenvalue weighted by Crippen LogP contribution is 2.28. The van der Waals surface area contributed by atoms with E-state index in [0.29, 0.717) is 32.9 Å². The monoisotopic (exact) mass is 386 g/mol. The molecular weight excluding hydrogens is 356 g/mol. The van der Waals surface area contributed by atoms with Crippen molar-refractivity contribution in [3.63, 3.8) is 0 Å². The number of hydrogen-bond donors (Lipinski definition) is 2. The maximum atomic E-state index is 12.8. The fourth-order valence-electron chi connectivity index (χ4n) is 3.55. The summed E-state index contributed by atoms with van der Waals surface area (Å²) in [5.74, 6) is 0.902. The summed E-state index contributed by atoms with van der Waals surface area (Å²) >= 11 is 0. The maximum Gasteiger partial charge on any atom is 0.225 e. The van der Waals surface area contributed by atoms with Crippen molar-refractivity contribution in [3.05, 3.63) is 47.3 Å². The average molecular weight is 386 g/mol. The van der Waals surface area contributed by atoms with Crippen LogP contribution in [0.2, 0.25) is 0 Å². The molecule has 1 aromatic heterocycles. The van der Waals surface area contributed by atoms with E-state index in [2.05, 4.69) is 15.7 Å². The van der Waals surface area contributed by atoms with Gasteiger partial charge in [-0.2, -0.15) is 5.10 Å². The Morgan fingerprint density at radius 2 is 2.21 bits per heavy atom. The number of nitrogens with zero attached hydrogens (tertiary/aromatic N) is 2. The molecule has 2 N–H and O–H groups in total. The van der Waals surface area contributed by atoms with Crippen molar-refractivity contribution in [1.82, 2.24) is 20.4 Å². The Hall–Kier alpha value is -2.38. The van der Waals surface area contributed by atoms with E-state index in [0.717, 1.165) is 29.0 Å². The van der Waals surface area contributed by atoms with Gasteiger partial charge in [0, 0.05) is 51.0 Å². The summed E-state index contributed by atoms with van der Waals surface area (Å²) in [6.45, 7) is 7.62. The van der Waals surface area contributed by atoms with E-state index in [4.69, 9.17) is 9.47 Å². The van der Waals surface area contributed by atoms with Gasteiger partial charge in [0.15, 0.2) is 0 Å². The molecule has 3 rings (SSSR count). The van der Waals surface area contributed by atoms with Crippen molar-refractivity contribution in [3.8, 4) is 5.75 Å². The van der Waals surface area contributed by atoms with Crippen LogP contribution in [0.25, 0.3) is 0 Å². The molecule has 1 aromatic carbocycles. The van der Waals surface area contributed by atoms with E-state index in [1.807, 2.05) is 51.5 Å². The van der Waals surface area contributed by atoms with Crippen LogP contribution in [-0.2, 0) is 23.1 Å². The van der Waals surface area contributed by atoms with E-state index < -0.39 is 0 Å². The number of amides is 1. The topological polar surface area (TPSA) is 77.4 Å². The standard InChI is InChI=1S/C21H30N4O3/c1-4-27-7-8-28-20-9-15(2)5-6-16(20)10-23-21(26)19-13-22-12-18(19)17-11-24-25(3)14-17/h5-6,9,11,14,18-19,22H,4,7-8,10,12-13H2,1-3H3,(H,23,26)/t18-,19+/m1/s1. The molecule has 0 saturated carbocycles. The number of nitrogens with one attached hydrogen (secondary N) is 2. The van der Waals surface area contributed by atoms with E-state index in [1.54, 1.807) is 4.68 Å². The Balaban J connectivity index is 1.60. The zero-order chi connectivity index (χ0) is 19.9. The molecule has 2 aromatic rings.